The Kier molecular flexibility index (Phi) is 2.35. The predicted octanol–water partition coefficient (Wildman–Crippen LogP) is 1.80. The number of hydrogen-bond acceptors (Lipinski definition) is 4. The summed E-state index contributed by atoms with van der Waals surface area (Å²) in [7, 11) is 0. The van der Waals surface area contributed by atoms with Crippen LogP contribution in [0.25, 0.3) is 0 Å². The monoisotopic (exact) mass is 224 g/mol. The van der Waals surface area contributed by atoms with Crippen LogP contribution in [0.5, 0.6) is 0 Å². The van der Waals surface area contributed by atoms with Crippen LogP contribution in [0.2, 0.25) is 0 Å². The molecule has 1 fully saturated rings. The fourth-order valence-electron chi connectivity index (χ4n) is 2.42. The third kappa shape index (κ3) is 1.53. The number of rotatable bonds is 1. The summed E-state index contributed by atoms with van der Waals surface area (Å²) in [4.78, 5) is 0. The summed E-state index contributed by atoms with van der Waals surface area (Å²) < 4.78 is 2.09. The molecule has 2 atom stereocenters. The van der Waals surface area contributed by atoms with Crippen LogP contribution in [0.3, 0.4) is 0 Å². The van der Waals surface area contributed by atoms with E-state index >= 15 is 0 Å². The van der Waals surface area contributed by atoms with Crippen LogP contribution in [0, 0.1) is 0 Å². The molecule has 0 spiro atoms. The molecule has 1 aromatic rings. The second-order valence-electron chi connectivity index (χ2n) is 4.26. The van der Waals surface area contributed by atoms with Crippen molar-refractivity contribution >= 4 is 11.8 Å². The minimum atomic E-state index is 0.623. The molecule has 2 aliphatic rings. The lowest BCUT2D eigenvalue weighted by Crippen LogP contribution is -2.43. The molecule has 1 saturated carbocycles. The molecule has 0 saturated heterocycles. The molecule has 0 radical (unpaired) electrons. The van der Waals surface area contributed by atoms with Crippen LogP contribution in [0.4, 0.5) is 0 Å². The van der Waals surface area contributed by atoms with Gasteiger partial charge in [-0.2, -0.15) is 0 Å². The molecule has 4 nitrogen and oxygen atoms in total. The van der Waals surface area contributed by atoms with Gasteiger partial charge in [0.05, 0.1) is 6.04 Å². The first kappa shape index (κ1) is 9.51. The molecule has 2 unspecified atom stereocenters. The standard InChI is InChI=1S/C10H16N4S/c1-2-9-11-12-10-14(9)13-7-5-3-4-6-8(7)15-10/h7-8,13H,2-6H2,1H3. The molecule has 0 amide bonds. The number of nitrogens with zero attached hydrogens (tertiary/aromatic N) is 3. The Morgan fingerprint density at radius 2 is 2.27 bits per heavy atom. The molecule has 0 aromatic carbocycles. The first-order valence-electron chi connectivity index (χ1n) is 5.76. The Morgan fingerprint density at radius 3 is 3.13 bits per heavy atom. The van der Waals surface area contributed by atoms with Crippen molar-refractivity contribution < 1.29 is 0 Å². The maximum Gasteiger partial charge on any atom is 0.210 e. The van der Waals surface area contributed by atoms with Crippen molar-refractivity contribution in [1.29, 1.82) is 0 Å². The van der Waals surface area contributed by atoms with Gasteiger partial charge in [0.25, 0.3) is 0 Å². The molecule has 15 heavy (non-hydrogen) atoms. The number of hydrogen-bond donors (Lipinski definition) is 1. The summed E-state index contributed by atoms with van der Waals surface area (Å²) in [5.74, 6) is 1.06. The summed E-state index contributed by atoms with van der Waals surface area (Å²) in [6.07, 6.45) is 6.27. The highest BCUT2D eigenvalue weighted by molar-refractivity contribution is 7.99. The summed E-state index contributed by atoms with van der Waals surface area (Å²) >= 11 is 1.90. The van der Waals surface area contributed by atoms with Gasteiger partial charge in [0.2, 0.25) is 5.16 Å². The highest BCUT2D eigenvalue weighted by atomic mass is 32.2. The zero-order chi connectivity index (χ0) is 10.3. The van der Waals surface area contributed by atoms with E-state index in [1.807, 2.05) is 11.8 Å². The predicted molar refractivity (Wildman–Crippen MR) is 60.7 cm³/mol. The van der Waals surface area contributed by atoms with Gasteiger partial charge in [-0.1, -0.05) is 31.5 Å². The summed E-state index contributed by atoms with van der Waals surface area (Å²) in [5.41, 5.74) is 3.57. The number of thioether (sulfide) groups is 1. The molecule has 5 heteroatoms. The normalized spacial score (nSPS) is 29.1. The quantitative estimate of drug-likeness (QED) is 0.790. The molecular formula is C10H16N4S. The third-order valence-electron chi connectivity index (χ3n) is 3.27. The molecule has 1 aliphatic carbocycles. The first-order valence-corrected chi connectivity index (χ1v) is 6.64. The van der Waals surface area contributed by atoms with Crippen molar-refractivity contribution in [3.05, 3.63) is 5.82 Å². The van der Waals surface area contributed by atoms with Crippen molar-refractivity contribution in [2.75, 3.05) is 5.43 Å². The van der Waals surface area contributed by atoms with Crippen molar-refractivity contribution in [2.24, 2.45) is 0 Å². The second kappa shape index (κ2) is 3.70. The van der Waals surface area contributed by atoms with Gasteiger partial charge in [0.1, 0.15) is 0 Å². The van der Waals surface area contributed by atoms with Gasteiger partial charge in [-0.05, 0) is 12.8 Å². The number of aromatic nitrogens is 3. The fourth-order valence-corrected chi connectivity index (χ4v) is 3.69. The van der Waals surface area contributed by atoms with E-state index in [0.29, 0.717) is 11.3 Å². The Morgan fingerprint density at radius 1 is 1.40 bits per heavy atom. The second-order valence-corrected chi connectivity index (χ2v) is 5.47. The van der Waals surface area contributed by atoms with Gasteiger partial charge >= 0.3 is 0 Å². The van der Waals surface area contributed by atoms with E-state index in [1.165, 1.54) is 25.7 Å². The highest BCUT2D eigenvalue weighted by Gasteiger charge is 2.33. The third-order valence-corrected chi connectivity index (χ3v) is 4.61. The number of nitrogens with one attached hydrogen (secondary N) is 1. The van der Waals surface area contributed by atoms with Crippen LogP contribution >= 0.6 is 11.8 Å². The molecule has 1 aromatic heterocycles. The van der Waals surface area contributed by atoms with Gasteiger partial charge in [-0.25, -0.2) is 4.68 Å². The van der Waals surface area contributed by atoms with Gasteiger partial charge in [-0.3, -0.25) is 0 Å². The van der Waals surface area contributed by atoms with E-state index < -0.39 is 0 Å². The average Bonchev–Trinajstić information content (AvgIpc) is 2.68. The Labute approximate surface area is 93.8 Å². The summed E-state index contributed by atoms with van der Waals surface area (Å²) in [6.45, 7) is 2.12. The van der Waals surface area contributed by atoms with Crippen molar-refractivity contribution in [1.82, 2.24) is 14.9 Å². The molecule has 2 heterocycles. The first-order chi connectivity index (χ1) is 7.38. The van der Waals surface area contributed by atoms with Crippen LogP contribution in [0.15, 0.2) is 5.16 Å². The van der Waals surface area contributed by atoms with Crippen LogP contribution < -0.4 is 5.43 Å². The maximum absolute atomic E-state index is 4.23. The fraction of sp³-hybridized carbons (Fsp3) is 0.800. The van der Waals surface area contributed by atoms with E-state index in [4.69, 9.17) is 0 Å². The largest absolute Gasteiger partial charge is 0.318 e. The summed E-state index contributed by atoms with van der Waals surface area (Å²) in [6, 6.07) is 0.623. The molecule has 82 valence electrons. The van der Waals surface area contributed by atoms with Crippen molar-refractivity contribution in [3.63, 3.8) is 0 Å². The van der Waals surface area contributed by atoms with E-state index in [2.05, 4.69) is 27.2 Å². The molecular weight excluding hydrogens is 208 g/mol. The van der Waals surface area contributed by atoms with Crippen LogP contribution in [-0.4, -0.2) is 26.2 Å². The number of fused-ring (bicyclic) bond motifs is 2. The minimum absolute atomic E-state index is 0.623. The lowest BCUT2D eigenvalue weighted by molar-refractivity contribution is 0.428. The van der Waals surface area contributed by atoms with E-state index in [1.54, 1.807) is 0 Å². The van der Waals surface area contributed by atoms with Crippen molar-refractivity contribution in [2.45, 2.75) is 55.5 Å². The average molecular weight is 224 g/mol. The molecule has 3 rings (SSSR count). The molecule has 1 aliphatic heterocycles. The Bertz CT molecular complexity index is 362. The molecule has 1 N–H and O–H groups in total. The van der Waals surface area contributed by atoms with Crippen LogP contribution in [-0.2, 0) is 6.42 Å². The smallest absolute Gasteiger partial charge is 0.210 e. The Balaban J connectivity index is 1.90. The summed E-state index contributed by atoms with van der Waals surface area (Å²) in [5, 5.41) is 10.2. The molecule has 0 bridgehead atoms. The van der Waals surface area contributed by atoms with Crippen molar-refractivity contribution in [3.8, 4) is 0 Å². The van der Waals surface area contributed by atoms with Gasteiger partial charge < -0.3 is 5.43 Å². The topological polar surface area (TPSA) is 42.7 Å². The lowest BCUT2D eigenvalue weighted by atomic mass is 9.95. The van der Waals surface area contributed by atoms with E-state index in [0.717, 1.165) is 17.4 Å². The van der Waals surface area contributed by atoms with E-state index in [-0.39, 0.29) is 0 Å². The number of aryl methyl sites for hydroxylation is 1. The van der Waals surface area contributed by atoms with Gasteiger partial charge in [0, 0.05) is 11.7 Å². The van der Waals surface area contributed by atoms with Gasteiger partial charge in [-0.15, -0.1) is 10.2 Å². The zero-order valence-electron chi connectivity index (χ0n) is 8.94. The highest BCUT2D eigenvalue weighted by Crippen LogP contribution is 2.36. The van der Waals surface area contributed by atoms with Crippen LogP contribution in [0.1, 0.15) is 38.4 Å². The zero-order valence-corrected chi connectivity index (χ0v) is 9.76. The lowest BCUT2D eigenvalue weighted by Gasteiger charge is -2.36. The maximum atomic E-state index is 4.23. The van der Waals surface area contributed by atoms with Gasteiger partial charge in [0.15, 0.2) is 5.82 Å². The van der Waals surface area contributed by atoms with E-state index in [9.17, 15) is 0 Å². The minimum Gasteiger partial charge on any atom is -0.318 e. The SMILES string of the molecule is CCc1nnc2n1NC1CCCCC1S2. The Hall–Kier alpha value is -0.710.